The zero-order valence-corrected chi connectivity index (χ0v) is 10.8. The Hall–Kier alpha value is -1.04. The van der Waals surface area contributed by atoms with Crippen molar-refractivity contribution in [1.82, 2.24) is 5.32 Å². The van der Waals surface area contributed by atoms with Crippen LogP contribution in [0.1, 0.15) is 5.56 Å². The molecule has 0 unspecified atom stereocenters. The van der Waals surface area contributed by atoms with Crippen molar-refractivity contribution in [2.75, 3.05) is 26.0 Å². The van der Waals surface area contributed by atoms with Gasteiger partial charge < -0.3 is 15.8 Å². The summed E-state index contributed by atoms with van der Waals surface area (Å²) in [5.41, 5.74) is 6.31. The third kappa shape index (κ3) is 5.72. The largest absolute Gasteiger partial charge is 0.383 e. The van der Waals surface area contributed by atoms with Gasteiger partial charge in [-0.3, -0.25) is 4.79 Å². The normalized spacial score (nSPS) is 10.4. The molecule has 17 heavy (non-hydrogen) atoms. The van der Waals surface area contributed by atoms with Gasteiger partial charge in [-0.05, 0) is 11.6 Å². The van der Waals surface area contributed by atoms with Crippen LogP contribution < -0.4 is 11.1 Å². The van der Waals surface area contributed by atoms with E-state index in [1.807, 2.05) is 24.3 Å². The van der Waals surface area contributed by atoms with Gasteiger partial charge in [-0.15, -0.1) is 11.8 Å². The van der Waals surface area contributed by atoms with Crippen LogP contribution >= 0.6 is 11.8 Å². The Labute approximate surface area is 106 Å². The fourth-order valence-corrected chi connectivity index (χ4v) is 2.14. The van der Waals surface area contributed by atoms with Crippen LogP contribution in [0.2, 0.25) is 0 Å². The molecule has 0 saturated heterocycles. The number of primary amides is 1. The SMILES string of the molecule is COCCNCc1ccccc1SCC(N)=O. The molecule has 0 fully saturated rings. The molecule has 0 heterocycles. The second kappa shape index (κ2) is 8.11. The average molecular weight is 254 g/mol. The third-order valence-corrected chi connectivity index (χ3v) is 3.28. The number of hydrogen-bond donors (Lipinski definition) is 2. The molecule has 3 N–H and O–H groups in total. The van der Waals surface area contributed by atoms with Crippen molar-refractivity contribution in [2.45, 2.75) is 11.4 Å². The number of methoxy groups -OCH3 is 1. The van der Waals surface area contributed by atoms with Gasteiger partial charge in [-0.1, -0.05) is 18.2 Å². The summed E-state index contributed by atoms with van der Waals surface area (Å²) in [6.45, 7) is 2.27. The second-order valence-electron chi connectivity index (χ2n) is 3.53. The lowest BCUT2D eigenvalue weighted by atomic mass is 10.2. The molecule has 1 aromatic rings. The maximum atomic E-state index is 10.8. The highest BCUT2D eigenvalue weighted by Crippen LogP contribution is 2.21. The van der Waals surface area contributed by atoms with Crippen molar-refractivity contribution < 1.29 is 9.53 Å². The molecule has 4 nitrogen and oxygen atoms in total. The van der Waals surface area contributed by atoms with Crippen molar-refractivity contribution in [3.63, 3.8) is 0 Å². The fourth-order valence-electron chi connectivity index (χ4n) is 1.34. The fraction of sp³-hybridized carbons (Fsp3) is 0.417. The monoisotopic (exact) mass is 254 g/mol. The number of ether oxygens (including phenoxy) is 1. The van der Waals surface area contributed by atoms with E-state index in [-0.39, 0.29) is 5.91 Å². The summed E-state index contributed by atoms with van der Waals surface area (Å²) in [5.74, 6) is 0.0203. The van der Waals surface area contributed by atoms with E-state index in [0.717, 1.165) is 18.0 Å². The first-order valence-electron chi connectivity index (χ1n) is 5.42. The van der Waals surface area contributed by atoms with Crippen LogP contribution in [0, 0.1) is 0 Å². The van der Waals surface area contributed by atoms with Gasteiger partial charge in [0.25, 0.3) is 0 Å². The number of carbonyl (C=O) groups is 1. The molecule has 5 heteroatoms. The number of nitrogens with two attached hydrogens (primary N) is 1. The maximum Gasteiger partial charge on any atom is 0.227 e. The lowest BCUT2D eigenvalue weighted by Crippen LogP contribution is -2.19. The van der Waals surface area contributed by atoms with Gasteiger partial charge >= 0.3 is 0 Å². The van der Waals surface area contributed by atoms with Crippen LogP contribution in [0.4, 0.5) is 0 Å². The number of thioether (sulfide) groups is 1. The number of rotatable bonds is 8. The van der Waals surface area contributed by atoms with Crippen LogP contribution in [-0.2, 0) is 16.1 Å². The minimum atomic E-state index is -0.294. The lowest BCUT2D eigenvalue weighted by Gasteiger charge is -2.09. The van der Waals surface area contributed by atoms with Gasteiger partial charge in [-0.25, -0.2) is 0 Å². The first-order chi connectivity index (χ1) is 8.24. The molecule has 0 spiro atoms. The quantitative estimate of drug-likeness (QED) is 0.536. The molecule has 94 valence electrons. The predicted octanol–water partition coefficient (Wildman–Crippen LogP) is 1.000. The van der Waals surface area contributed by atoms with Crippen molar-refractivity contribution in [1.29, 1.82) is 0 Å². The van der Waals surface area contributed by atoms with E-state index in [1.165, 1.54) is 17.3 Å². The van der Waals surface area contributed by atoms with Crippen molar-refractivity contribution >= 4 is 17.7 Å². The Morgan fingerprint density at radius 1 is 1.47 bits per heavy atom. The van der Waals surface area contributed by atoms with E-state index in [0.29, 0.717) is 12.4 Å². The Balaban J connectivity index is 2.48. The maximum absolute atomic E-state index is 10.8. The first kappa shape index (κ1) is 14.0. The Morgan fingerprint density at radius 2 is 2.24 bits per heavy atom. The molecule has 0 aliphatic rings. The summed E-state index contributed by atoms with van der Waals surface area (Å²) >= 11 is 1.47. The molecule has 0 atom stereocenters. The molecular formula is C12H18N2O2S. The highest BCUT2D eigenvalue weighted by atomic mass is 32.2. The standard InChI is InChI=1S/C12H18N2O2S/c1-16-7-6-14-8-10-4-2-3-5-11(10)17-9-12(13)15/h2-5,14H,6-9H2,1H3,(H2,13,15). The third-order valence-electron chi connectivity index (χ3n) is 2.14. The van der Waals surface area contributed by atoms with Gasteiger partial charge in [0.1, 0.15) is 0 Å². The second-order valence-corrected chi connectivity index (χ2v) is 4.55. The Bertz CT molecular complexity index is 358. The van der Waals surface area contributed by atoms with Crippen molar-refractivity contribution in [2.24, 2.45) is 5.73 Å². The highest BCUT2D eigenvalue weighted by molar-refractivity contribution is 8.00. The number of nitrogens with one attached hydrogen (secondary N) is 1. The number of carbonyl (C=O) groups excluding carboxylic acids is 1. The van der Waals surface area contributed by atoms with Crippen LogP contribution in [0.25, 0.3) is 0 Å². The summed E-state index contributed by atoms with van der Waals surface area (Å²) in [5, 5.41) is 3.28. The summed E-state index contributed by atoms with van der Waals surface area (Å²) < 4.78 is 4.96. The average Bonchev–Trinajstić information content (AvgIpc) is 2.33. The topological polar surface area (TPSA) is 64.3 Å². The van der Waals surface area contributed by atoms with Gasteiger partial charge in [-0.2, -0.15) is 0 Å². The predicted molar refractivity (Wildman–Crippen MR) is 69.9 cm³/mol. The molecule has 1 amide bonds. The van der Waals surface area contributed by atoms with E-state index in [2.05, 4.69) is 5.32 Å². The summed E-state index contributed by atoms with van der Waals surface area (Å²) in [6, 6.07) is 7.99. The lowest BCUT2D eigenvalue weighted by molar-refractivity contribution is -0.115. The molecule has 0 aliphatic carbocycles. The minimum Gasteiger partial charge on any atom is -0.383 e. The van der Waals surface area contributed by atoms with Crippen LogP contribution in [0.5, 0.6) is 0 Å². The van der Waals surface area contributed by atoms with Gasteiger partial charge in [0.05, 0.1) is 12.4 Å². The minimum absolute atomic E-state index is 0.294. The molecule has 0 radical (unpaired) electrons. The van der Waals surface area contributed by atoms with Crippen LogP contribution in [0.3, 0.4) is 0 Å². The number of hydrogen-bond acceptors (Lipinski definition) is 4. The van der Waals surface area contributed by atoms with E-state index in [4.69, 9.17) is 10.5 Å². The Kier molecular flexibility index (Phi) is 6.69. The molecule has 0 saturated carbocycles. The first-order valence-corrected chi connectivity index (χ1v) is 6.41. The smallest absolute Gasteiger partial charge is 0.227 e. The van der Waals surface area contributed by atoms with Crippen LogP contribution in [-0.4, -0.2) is 31.9 Å². The number of amides is 1. The van der Waals surface area contributed by atoms with Gasteiger partial charge in [0.2, 0.25) is 5.91 Å². The van der Waals surface area contributed by atoms with Gasteiger partial charge in [0.15, 0.2) is 0 Å². The molecule has 1 aromatic carbocycles. The van der Waals surface area contributed by atoms with E-state index < -0.39 is 0 Å². The molecule has 0 aromatic heterocycles. The van der Waals surface area contributed by atoms with E-state index >= 15 is 0 Å². The molecule has 1 rings (SSSR count). The zero-order valence-electron chi connectivity index (χ0n) is 9.94. The summed E-state index contributed by atoms with van der Waals surface area (Å²) in [4.78, 5) is 11.8. The van der Waals surface area contributed by atoms with Crippen LogP contribution in [0.15, 0.2) is 29.2 Å². The van der Waals surface area contributed by atoms with Gasteiger partial charge in [0, 0.05) is 25.1 Å². The van der Waals surface area contributed by atoms with E-state index in [1.54, 1.807) is 7.11 Å². The van der Waals surface area contributed by atoms with Crippen molar-refractivity contribution in [3.05, 3.63) is 29.8 Å². The van der Waals surface area contributed by atoms with Crippen molar-refractivity contribution in [3.8, 4) is 0 Å². The highest BCUT2D eigenvalue weighted by Gasteiger charge is 2.03. The summed E-state index contributed by atoms with van der Waals surface area (Å²) in [6.07, 6.45) is 0. The zero-order chi connectivity index (χ0) is 12.5. The number of benzene rings is 1. The summed E-state index contributed by atoms with van der Waals surface area (Å²) in [7, 11) is 1.68. The van der Waals surface area contributed by atoms with E-state index in [9.17, 15) is 4.79 Å². The molecule has 0 aliphatic heterocycles. The molecule has 0 bridgehead atoms. The molecular weight excluding hydrogens is 236 g/mol. The Morgan fingerprint density at radius 3 is 2.94 bits per heavy atom.